The number of rotatable bonds is 6. The van der Waals surface area contributed by atoms with Gasteiger partial charge in [0, 0.05) is 29.4 Å². The first-order chi connectivity index (χ1) is 17.9. The highest BCUT2D eigenvalue weighted by Crippen LogP contribution is 2.36. The number of anilines is 1. The zero-order valence-corrected chi connectivity index (χ0v) is 19.9. The SMILES string of the molecule is Cc1ccc(-c2cc(-c3ccnc(NCc4ccccc4)n3)c(-c3cccc(C(F)(F)F)c3)nn2)cc1. The van der Waals surface area contributed by atoms with E-state index in [1.807, 2.05) is 61.5 Å². The van der Waals surface area contributed by atoms with Crippen LogP contribution in [-0.2, 0) is 12.7 Å². The lowest BCUT2D eigenvalue weighted by atomic mass is 9.99. The predicted octanol–water partition coefficient (Wildman–Crippen LogP) is 7.21. The number of nitrogens with zero attached hydrogens (tertiary/aromatic N) is 4. The first-order valence-electron chi connectivity index (χ1n) is 11.6. The molecular formula is C29H22F3N5. The minimum atomic E-state index is -4.48. The van der Waals surface area contributed by atoms with E-state index in [1.165, 1.54) is 6.07 Å². The minimum Gasteiger partial charge on any atom is -0.350 e. The second-order valence-corrected chi connectivity index (χ2v) is 8.54. The molecule has 0 amide bonds. The van der Waals surface area contributed by atoms with E-state index in [4.69, 9.17) is 0 Å². The summed E-state index contributed by atoms with van der Waals surface area (Å²) in [6, 6.07) is 26.2. The number of hydrogen-bond donors (Lipinski definition) is 1. The van der Waals surface area contributed by atoms with Crippen LogP contribution in [0.15, 0.2) is 97.2 Å². The standard InChI is InChI=1S/C29H22F3N5/c1-19-10-12-21(13-11-19)26-17-24(27(37-36-26)22-8-5-9-23(16-22)29(30,31)32)25-14-15-33-28(35-25)34-18-20-6-3-2-4-7-20/h2-17H,18H2,1H3,(H,33,34,35). The van der Waals surface area contributed by atoms with Crippen molar-refractivity contribution in [2.45, 2.75) is 19.6 Å². The van der Waals surface area contributed by atoms with Crippen LogP contribution < -0.4 is 5.32 Å². The Hall–Kier alpha value is -4.59. The molecule has 0 aliphatic rings. The van der Waals surface area contributed by atoms with Crippen molar-refractivity contribution in [2.75, 3.05) is 5.32 Å². The highest BCUT2D eigenvalue weighted by Gasteiger charge is 2.31. The average Bonchev–Trinajstić information content (AvgIpc) is 2.92. The number of hydrogen-bond acceptors (Lipinski definition) is 5. The first kappa shape index (κ1) is 24.1. The number of halogens is 3. The van der Waals surface area contributed by atoms with Gasteiger partial charge in [0.25, 0.3) is 0 Å². The number of nitrogens with one attached hydrogen (secondary N) is 1. The van der Waals surface area contributed by atoms with E-state index < -0.39 is 11.7 Å². The summed E-state index contributed by atoms with van der Waals surface area (Å²) >= 11 is 0. The third-order valence-electron chi connectivity index (χ3n) is 5.83. The first-order valence-corrected chi connectivity index (χ1v) is 11.6. The van der Waals surface area contributed by atoms with Gasteiger partial charge in [-0.1, -0.05) is 72.3 Å². The Balaban J connectivity index is 1.59. The van der Waals surface area contributed by atoms with E-state index in [0.717, 1.165) is 28.8 Å². The van der Waals surface area contributed by atoms with Crippen molar-refractivity contribution in [3.63, 3.8) is 0 Å². The lowest BCUT2D eigenvalue weighted by Gasteiger charge is -2.13. The van der Waals surface area contributed by atoms with Gasteiger partial charge in [-0.25, -0.2) is 9.97 Å². The van der Waals surface area contributed by atoms with Crippen LogP contribution in [-0.4, -0.2) is 20.2 Å². The van der Waals surface area contributed by atoms with Crippen molar-refractivity contribution in [1.29, 1.82) is 0 Å². The van der Waals surface area contributed by atoms with Crippen LogP contribution in [0.2, 0.25) is 0 Å². The average molecular weight is 498 g/mol. The van der Waals surface area contributed by atoms with Crippen molar-refractivity contribution in [1.82, 2.24) is 20.2 Å². The highest BCUT2D eigenvalue weighted by atomic mass is 19.4. The lowest BCUT2D eigenvalue weighted by molar-refractivity contribution is -0.137. The van der Waals surface area contributed by atoms with Gasteiger partial charge in [-0.05, 0) is 36.8 Å². The van der Waals surface area contributed by atoms with Crippen LogP contribution in [0.3, 0.4) is 0 Å². The normalized spacial score (nSPS) is 11.4. The Morgan fingerprint density at radius 3 is 2.30 bits per heavy atom. The van der Waals surface area contributed by atoms with Crippen LogP contribution in [0.4, 0.5) is 19.1 Å². The van der Waals surface area contributed by atoms with Crippen LogP contribution in [0.25, 0.3) is 33.8 Å². The van der Waals surface area contributed by atoms with Gasteiger partial charge in [-0.3, -0.25) is 0 Å². The molecule has 0 bridgehead atoms. The molecule has 184 valence electrons. The molecule has 5 nitrogen and oxygen atoms in total. The molecule has 3 aromatic carbocycles. The molecular weight excluding hydrogens is 475 g/mol. The van der Waals surface area contributed by atoms with E-state index in [9.17, 15) is 13.2 Å². The van der Waals surface area contributed by atoms with E-state index in [2.05, 4.69) is 25.5 Å². The van der Waals surface area contributed by atoms with Crippen molar-refractivity contribution in [3.05, 3.63) is 114 Å². The minimum absolute atomic E-state index is 0.296. The number of aryl methyl sites for hydroxylation is 1. The van der Waals surface area contributed by atoms with Gasteiger partial charge >= 0.3 is 6.18 Å². The Kier molecular flexibility index (Phi) is 6.64. The molecule has 0 fully saturated rings. The molecule has 0 spiro atoms. The smallest absolute Gasteiger partial charge is 0.350 e. The van der Waals surface area contributed by atoms with Crippen molar-refractivity contribution < 1.29 is 13.2 Å². The molecule has 5 aromatic rings. The molecule has 2 aromatic heterocycles. The van der Waals surface area contributed by atoms with Crippen LogP contribution >= 0.6 is 0 Å². The molecule has 0 saturated heterocycles. The topological polar surface area (TPSA) is 63.6 Å². The number of alkyl halides is 3. The quantitative estimate of drug-likeness (QED) is 0.269. The maximum atomic E-state index is 13.4. The van der Waals surface area contributed by atoms with Crippen molar-refractivity contribution >= 4 is 5.95 Å². The molecule has 0 radical (unpaired) electrons. The summed E-state index contributed by atoms with van der Waals surface area (Å²) in [5.41, 5.74) is 4.50. The van der Waals surface area contributed by atoms with Crippen LogP contribution in [0.1, 0.15) is 16.7 Å². The van der Waals surface area contributed by atoms with Gasteiger partial charge in [0.15, 0.2) is 0 Å². The van der Waals surface area contributed by atoms with E-state index >= 15 is 0 Å². The fourth-order valence-electron chi connectivity index (χ4n) is 3.88. The third-order valence-corrected chi connectivity index (χ3v) is 5.83. The summed E-state index contributed by atoms with van der Waals surface area (Å²) in [5.74, 6) is 0.394. The molecule has 2 heterocycles. The molecule has 5 rings (SSSR count). The summed E-state index contributed by atoms with van der Waals surface area (Å²) in [6.07, 6.45) is -2.87. The van der Waals surface area contributed by atoms with Crippen LogP contribution in [0.5, 0.6) is 0 Å². The summed E-state index contributed by atoms with van der Waals surface area (Å²) < 4.78 is 40.3. The Morgan fingerprint density at radius 1 is 0.757 bits per heavy atom. The molecule has 0 aliphatic carbocycles. The zero-order valence-electron chi connectivity index (χ0n) is 19.9. The molecule has 0 unspecified atom stereocenters. The Bertz CT molecular complexity index is 1520. The van der Waals surface area contributed by atoms with Gasteiger partial charge in [0.1, 0.15) is 5.69 Å². The van der Waals surface area contributed by atoms with Crippen molar-refractivity contribution in [3.8, 4) is 33.8 Å². The van der Waals surface area contributed by atoms with Gasteiger partial charge < -0.3 is 5.32 Å². The fraction of sp³-hybridized carbons (Fsp3) is 0.103. The fourth-order valence-corrected chi connectivity index (χ4v) is 3.88. The summed E-state index contributed by atoms with van der Waals surface area (Å²) in [7, 11) is 0. The second-order valence-electron chi connectivity index (χ2n) is 8.54. The Labute approximate surface area is 212 Å². The third kappa shape index (κ3) is 5.64. The summed E-state index contributed by atoms with van der Waals surface area (Å²) in [5, 5.41) is 11.9. The van der Waals surface area contributed by atoms with Crippen molar-refractivity contribution in [2.24, 2.45) is 0 Å². The number of benzene rings is 3. The predicted molar refractivity (Wildman–Crippen MR) is 137 cm³/mol. The van der Waals surface area contributed by atoms with E-state index in [-0.39, 0.29) is 0 Å². The largest absolute Gasteiger partial charge is 0.416 e. The molecule has 0 saturated carbocycles. The molecule has 0 aliphatic heterocycles. The summed E-state index contributed by atoms with van der Waals surface area (Å²) in [4.78, 5) is 8.96. The van der Waals surface area contributed by atoms with Crippen LogP contribution in [0, 0.1) is 6.92 Å². The van der Waals surface area contributed by atoms with Gasteiger partial charge in [-0.15, -0.1) is 10.2 Å². The second kappa shape index (κ2) is 10.2. The lowest BCUT2D eigenvalue weighted by Crippen LogP contribution is -2.06. The van der Waals surface area contributed by atoms with Gasteiger partial charge in [0.05, 0.1) is 17.0 Å². The molecule has 1 N–H and O–H groups in total. The zero-order chi connectivity index (χ0) is 25.8. The maximum Gasteiger partial charge on any atom is 0.416 e. The van der Waals surface area contributed by atoms with Gasteiger partial charge in [0.2, 0.25) is 5.95 Å². The number of aromatic nitrogens is 4. The Morgan fingerprint density at radius 2 is 1.54 bits per heavy atom. The highest BCUT2D eigenvalue weighted by molar-refractivity contribution is 5.82. The summed E-state index contributed by atoms with van der Waals surface area (Å²) in [6.45, 7) is 2.51. The van der Waals surface area contributed by atoms with Gasteiger partial charge in [-0.2, -0.15) is 13.2 Å². The van der Waals surface area contributed by atoms with E-state index in [1.54, 1.807) is 24.4 Å². The molecule has 0 atom stereocenters. The van der Waals surface area contributed by atoms with E-state index in [0.29, 0.717) is 40.7 Å². The molecule has 8 heteroatoms. The maximum absolute atomic E-state index is 13.4. The molecule has 37 heavy (non-hydrogen) atoms. The monoisotopic (exact) mass is 497 g/mol.